The van der Waals surface area contributed by atoms with Crippen LogP contribution in [0.4, 0.5) is 4.39 Å². The summed E-state index contributed by atoms with van der Waals surface area (Å²) < 4.78 is 24.8. The molecule has 3 aromatic rings. The molecular weight excluding hydrogens is 359 g/mol. The smallest absolute Gasteiger partial charge is 0.274 e. The standard InChI is InChI=1S/C22H19FN2O3/c1-27-21-13-17(11-12-20(21)28-15-16-7-3-2-4-8-16)14-24-25-22(26)18-9-5-6-10-19(18)23/h2-14H,15H2,1H3,(H,25,26). The molecule has 28 heavy (non-hydrogen) atoms. The van der Waals surface area contributed by atoms with Crippen molar-refractivity contribution in [3.63, 3.8) is 0 Å². The molecule has 0 aliphatic heterocycles. The van der Waals surface area contributed by atoms with Crippen LogP contribution >= 0.6 is 0 Å². The topological polar surface area (TPSA) is 59.9 Å². The van der Waals surface area contributed by atoms with Crippen molar-refractivity contribution in [3.05, 3.63) is 95.3 Å². The summed E-state index contributed by atoms with van der Waals surface area (Å²) in [5.74, 6) is -0.0832. The number of hydrogen-bond donors (Lipinski definition) is 1. The number of nitrogens with zero attached hydrogens (tertiary/aromatic N) is 1. The van der Waals surface area contributed by atoms with Gasteiger partial charge in [-0.3, -0.25) is 4.79 Å². The molecule has 0 radical (unpaired) electrons. The molecule has 1 amide bonds. The number of carbonyl (C=O) groups excluding carboxylic acids is 1. The Bertz CT molecular complexity index is 975. The summed E-state index contributed by atoms with van der Waals surface area (Å²) in [5, 5.41) is 3.87. The molecule has 0 fully saturated rings. The van der Waals surface area contributed by atoms with Crippen LogP contribution in [-0.4, -0.2) is 19.2 Å². The van der Waals surface area contributed by atoms with Gasteiger partial charge < -0.3 is 9.47 Å². The van der Waals surface area contributed by atoms with Crippen molar-refractivity contribution in [1.82, 2.24) is 5.43 Å². The van der Waals surface area contributed by atoms with Gasteiger partial charge >= 0.3 is 0 Å². The lowest BCUT2D eigenvalue weighted by Crippen LogP contribution is -2.18. The number of benzene rings is 3. The predicted molar refractivity (Wildman–Crippen MR) is 105 cm³/mol. The van der Waals surface area contributed by atoms with E-state index in [0.717, 1.165) is 5.56 Å². The summed E-state index contributed by atoms with van der Waals surface area (Å²) in [5.41, 5.74) is 3.98. The molecule has 0 atom stereocenters. The molecule has 0 saturated heterocycles. The molecule has 0 aromatic heterocycles. The molecule has 0 heterocycles. The van der Waals surface area contributed by atoms with Crippen LogP contribution in [0.3, 0.4) is 0 Å². The molecule has 1 N–H and O–H groups in total. The second-order valence-corrected chi connectivity index (χ2v) is 5.86. The van der Waals surface area contributed by atoms with Gasteiger partial charge in [0.1, 0.15) is 12.4 Å². The lowest BCUT2D eigenvalue weighted by atomic mass is 10.2. The second kappa shape index (κ2) is 9.32. The Hall–Kier alpha value is -3.67. The van der Waals surface area contributed by atoms with Crippen molar-refractivity contribution in [3.8, 4) is 11.5 Å². The number of hydrazone groups is 1. The third kappa shape index (κ3) is 4.94. The highest BCUT2D eigenvalue weighted by molar-refractivity contribution is 5.95. The van der Waals surface area contributed by atoms with Crippen molar-refractivity contribution < 1.29 is 18.7 Å². The molecule has 0 aliphatic carbocycles. The summed E-state index contributed by atoms with van der Waals surface area (Å²) in [6.45, 7) is 0.420. The Labute approximate surface area is 162 Å². The first kappa shape index (κ1) is 19.1. The average Bonchev–Trinajstić information content (AvgIpc) is 2.73. The van der Waals surface area contributed by atoms with Gasteiger partial charge in [-0.25, -0.2) is 9.82 Å². The molecule has 3 rings (SSSR count). The minimum absolute atomic E-state index is 0.0677. The summed E-state index contributed by atoms with van der Waals surface area (Å²) in [6.07, 6.45) is 1.45. The van der Waals surface area contributed by atoms with Gasteiger partial charge in [-0.05, 0) is 41.5 Å². The summed E-state index contributed by atoms with van der Waals surface area (Å²) in [4.78, 5) is 11.9. The van der Waals surface area contributed by atoms with Crippen molar-refractivity contribution in [2.24, 2.45) is 5.10 Å². The van der Waals surface area contributed by atoms with E-state index in [1.165, 1.54) is 24.4 Å². The van der Waals surface area contributed by atoms with Crippen LogP contribution in [0.5, 0.6) is 11.5 Å². The fourth-order valence-electron chi connectivity index (χ4n) is 2.49. The Morgan fingerprint density at radius 2 is 1.79 bits per heavy atom. The molecule has 0 aliphatic rings. The van der Waals surface area contributed by atoms with E-state index >= 15 is 0 Å². The number of carbonyl (C=O) groups is 1. The number of ether oxygens (including phenoxy) is 2. The molecule has 5 nitrogen and oxygen atoms in total. The lowest BCUT2D eigenvalue weighted by molar-refractivity contribution is 0.0951. The van der Waals surface area contributed by atoms with Crippen LogP contribution < -0.4 is 14.9 Å². The number of nitrogens with one attached hydrogen (secondary N) is 1. The van der Waals surface area contributed by atoms with Crippen LogP contribution in [0.25, 0.3) is 0 Å². The molecule has 6 heteroatoms. The Balaban J connectivity index is 1.63. The third-order valence-corrected chi connectivity index (χ3v) is 3.92. The fraction of sp³-hybridized carbons (Fsp3) is 0.0909. The van der Waals surface area contributed by atoms with Crippen molar-refractivity contribution in [2.75, 3.05) is 7.11 Å². The first-order chi connectivity index (χ1) is 13.7. The number of methoxy groups -OCH3 is 1. The van der Waals surface area contributed by atoms with Gasteiger partial charge in [0.25, 0.3) is 5.91 Å². The average molecular weight is 378 g/mol. The maximum absolute atomic E-state index is 13.6. The van der Waals surface area contributed by atoms with E-state index in [1.807, 2.05) is 30.3 Å². The van der Waals surface area contributed by atoms with Crippen LogP contribution in [-0.2, 0) is 6.61 Å². The minimum Gasteiger partial charge on any atom is -0.493 e. The molecular formula is C22H19FN2O3. The molecule has 0 bridgehead atoms. The minimum atomic E-state index is -0.621. The van der Waals surface area contributed by atoms with Gasteiger partial charge in [0.2, 0.25) is 0 Å². The third-order valence-electron chi connectivity index (χ3n) is 3.92. The first-order valence-electron chi connectivity index (χ1n) is 8.60. The van der Waals surface area contributed by atoms with Gasteiger partial charge in [0, 0.05) is 0 Å². The number of amides is 1. The normalized spacial score (nSPS) is 10.6. The Morgan fingerprint density at radius 3 is 2.54 bits per heavy atom. The highest BCUT2D eigenvalue weighted by Gasteiger charge is 2.09. The van der Waals surface area contributed by atoms with E-state index in [9.17, 15) is 9.18 Å². The molecule has 0 unspecified atom stereocenters. The summed E-state index contributed by atoms with van der Waals surface area (Å²) in [7, 11) is 1.55. The maximum atomic E-state index is 13.6. The largest absolute Gasteiger partial charge is 0.493 e. The van der Waals surface area contributed by atoms with E-state index in [0.29, 0.717) is 23.7 Å². The quantitative estimate of drug-likeness (QED) is 0.496. The number of halogens is 1. The SMILES string of the molecule is COc1cc(C=NNC(=O)c2ccccc2F)ccc1OCc1ccccc1. The zero-order valence-electron chi connectivity index (χ0n) is 15.3. The van der Waals surface area contributed by atoms with Gasteiger partial charge in [-0.15, -0.1) is 0 Å². The fourth-order valence-corrected chi connectivity index (χ4v) is 2.49. The van der Waals surface area contributed by atoms with Crippen LogP contribution in [0, 0.1) is 5.82 Å². The zero-order valence-corrected chi connectivity index (χ0v) is 15.3. The Kier molecular flexibility index (Phi) is 6.36. The van der Waals surface area contributed by atoms with E-state index in [4.69, 9.17) is 9.47 Å². The monoisotopic (exact) mass is 378 g/mol. The number of rotatable bonds is 7. The van der Waals surface area contributed by atoms with E-state index in [-0.39, 0.29) is 5.56 Å². The van der Waals surface area contributed by atoms with Crippen LogP contribution in [0.2, 0.25) is 0 Å². The molecule has 0 saturated carbocycles. The van der Waals surface area contributed by atoms with Gasteiger partial charge in [0.05, 0.1) is 18.9 Å². The van der Waals surface area contributed by atoms with Crippen molar-refractivity contribution >= 4 is 12.1 Å². The van der Waals surface area contributed by atoms with Gasteiger partial charge in [0.15, 0.2) is 11.5 Å². The van der Waals surface area contributed by atoms with Crippen LogP contribution in [0.15, 0.2) is 77.9 Å². The first-order valence-corrected chi connectivity index (χ1v) is 8.60. The van der Waals surface area contributed by atoms with Gasteiger partial charge in [-0.1, -0.05) is 42.5 Å². The Morgan fingerprint density at radius 1 is 1.04 bits per heavy atom. The summed E-state index contributed by atoms with van der Waals surface area (Å²) in [6, 6.07) is 20.8. The maximum Gasteiger partial charge on any atom is 0.274 e. The van der Waals surface area contributed by atoms with Crippen LogP contribution in [0.1, 0.15) is 21.5 Å². The van der Waals surface area contributed by atoms with Crippen molar-refractivity contribution in [1.29, 1.82) is 0 Å². The van der Waals surface area contributed by atoms with E-state index in [2.05, 4.69) is 10.5 Å². The number of hydrogen-bond acceptors (Lipinski definition) is 4. The van der Waals surface area contributed by atoms with E-state index in [1.54, 1.807) is 31.4 Å². The lowest BCUT2D eigenvalue weighted by Gasteiger charge is -2.11. The second-order valence-electron chi connectivity index (χ2n) is 5.86. The predicted octanol–water partition coefficient (Wildman–Crippen LogP) is 4.18. The molecule has 0 spiro atoms. The van der Waals surface area contributed by atoms with Crippen molar-refractivity contribution in [2.45, 2.75) is 6.61 Å². The highest BCUT2D eigenvalue weighted by Crippen LogP contribution is 2.28. The highest BCUT2D eigenvalue weighted by atomic mass is 19.1. The summed E-state index contributed by atoms with van der Waals surface area (Å²) >= 11 is 0. The zero-order chi connectivity index (χ0) is 19.8. The molecule has 3 aromatic carbocycles. The van der Waals surface area contributed by atoms with Gasteiger partial charge in [-0.2, -0.15) is 5.10 Å². The molecule has 142 valence electrons. The van der Waals surface area contributed by atoms with E-state index < -0.39 is 11.7 Å².